The summed E-state index contributed by atoms with van der Waals surface area (Å²) in [5, 5.41) is 0. The number of carbonyl (C=O) groups excluding carboxylic acids is 1. The summed E-state index contributed by atoms with van der Waals surface area (Å²) in [6, 6.07) is 8.40. The van der Waals surface area contributed by atoms with Crippen LogP contribution in [0.25, 0.3) is 0 Å². The van der Waals surface area contributed by atoms with Crippen LogP contribution in [-0.2, 0) is 4.74 Å². The van der Waals surface area contributed by atoms with E-state index in [4.69, 9.17) is 10.5 Å². The van der Waals surface area contributed by atoms with Gasteiger partial charge >= 0.3 is 6.09 Å². The first-order valence-electron chi connectivity index (χ1n) is 9.31. The van der Waals surface area contributed by atoms with E-state index in [2.05, 4.69) is 24.3 Å². The van der Waals surface area contributed by atoms with Crippen LogP contribution >= 0.6 is 11.8 Å². The SMILES string of the molecule is CC(C)(C)OC(=O)N1CCC[C@H]1C(N)c1ccc(SCC2CC2)cc1. The van der Waals surface area contributed by atoms with Crippen LogP contribution in [0.2, 0.25) is 0 Å². The lowest BCUT2D eigenvalue weighted by molar-refractivity contribution is 0.0206. The van der Waals surface area contributed by atoms with Gasteiger partial charge in [0, 0.05) is 17.2 Å². The van der Waals surface area contributed by atoms with Gasteiger partial charge in [-0.05, 0) is 70.1 Å². The summed E-state index contributed by atoms with van der Waals surface area (Å²) in [6.07, 6.45) is 4.43. The molecule has 0 aromatic heterocycles. The van der Waals surface area contributed by atoms with Crippen molar-refractivity contribution in [2.24, 2.45) is 11.7 Å². The highest BCUT2D eigenvalue weighted by atomic mass is 32.2. The Bertz CT molecular complexity index is 593. The summed E-state index contributed by atoms with van der Waals surface area (Å²) in [5.41, 5.74) is 7.13. The second-order valence-corrected chi connectivity index (χ2v) is 9.33. The van der Waals surface area contributed by atoms with E-state index in [-0.39, 0.29) is 18.2 Å². The maximum absolute atomic E-state index is 12.5. The Kier molecular flexibility index (Phi) is 5.64. The van der Waals surface area contributed by atoms with Gasteiger partial charge in [-0.15, -0.1) is 11.8 Å². The molecule has 1 amide bonds. The summed E-state index contributed by atoms with van der Waals surface area (Å²) < 4.78 is 5.55. The number of carbonyl (C=O) groups is 1. The van der Waals surface area contributed by atoms with Crippen LogP contribution in [0.15, 0.2) is 29.2 Å². The molecule has 1 aliphatic heterocycles. The molecule has 0 radical (unpaired) electrons. The summed E-state index contributed by atoms with van der Waals surface area (Å²) in [7, 11) is 0. The minimum atomic E-state index is -0.477. The number of likely N-dealkylation sites (tertiary alicyclic amines) is 1. The minimum absolute atomic E-state index is 0.0137. The van der Waals surface area contributed by atoms with E-state index in [0.29, 0.717) is 0 Å². The van der Waals surface area contributed by atoms with Crippen molar-refractivity contribution in [2.75, 3.05) is 12.3 Å². The number of hydrogen-bond acceptors (Lipinski definition) is 4. The molecule has 1 saturated carbocycles. The Hall–Kier alpha value is -1.20. The van der Waals surface area contributed by atoms with Crippen LogP contribution in [0.5, 0.6) is 0 Å². The molecular formula is C20H30N2O2S. The van der Waals surface area contributed by atoms with E-state index in [1.165, 1.54) is 23.5 Å². The molecule has 5 heteroatoms. The number of thioether (sulfide) groups is 1. The number of nitrogens with two attached hydrogens (primary N) is 1. The molecule has 0 bridgehead atoms. The molecule has 4 nitrogen and oxygen atoms in total. The molecule has 1 aliphatic carbocycles. The van der Waals surface area contributed by atoms with Crippen LogP contribution in [0.3, 0.4) is 0 Å². The fraction of sp³-hybridized carbons (Fsp3) is 0.650. The van der Waals surface area contributed by atoms with Crippen LogP contribution in [0, 0.1) is 5.92 Å². The second-order valence-electron chi connectivity index (χ2n) is 8.23. The average molecular weight is 363 g/mol. The fourth-order valence-corrected chi connectivity index (χ4v) is 4.31. The number of benzene rings is 1. The standard InChI is InChI=1S/C20H30N2O2S/c1-20(2,3)24-19(23)22-12-4-5-17(22)18(21)15-8-10-16(11-9-15)25-13-14-6-7-14/h8-11,14,17-18H,4-7,12-13,21H2,1-3H3/t17-,18?/m0/s1. The van der Waals surface area contributed by atoms with Gasteiger partial charge in [-0.3, -0.25) is 0 Å². The molecule has 2 fully saturated rings. The molecule has 2 atom stereocenters. The third-order valence-electron chi connectivity index (χ3n) is 4.79. The van der Waals surface area contributed by atoms with Crippen LogP contribution in [0.1, 0.15) is 58.1 Å². The molecule has 138 valence electrons. The lowest BCUT2D eigenvalue weighted by Crippen LogP contribution is -2.44. The van der Waals surface area contributed by atoms with Gasteiger partial charge in [0.15, 0.2) is 0 Å². The van der Waals surface area contributed by atoms with Gasteiger partial charge in [-0.2, -0.15) is 0 Å². The first-order chi connectivity index (χ1) is 11.8. The lowest BCUT2D eigenvalue weighted by atomic mass is 9.98. The normalized spacial score (nSPS) is 22.1. The van der Waals surface area contributed by atoms with Gasteiger partial charge in [-0.1, -0.05) is 12.1 Å². The number of hydrogen-bond donors (Lipinski definition) is 1. The molecule has 1 saturated heterocycles. The van der Waals surface area contributed by atoms with E-state index >= 15 is 0 Å². The zero-order chi connectivity index (χ0) is 18.0. The first-order valence-corrected chi connectivity index (χ1v) is 10.3. The predicted molar refractivity (Wildman–Crippen MR) is 103 cm³/mol. The first kappa shape index (κ1) is 18.6. The zero-order valence-corrected chi connectivity index (χ0v) is 16.3. The van der Waals surface area contributed by atoms with Crippen LogP contribution < -0.4 is 5.73 Å². The van der Waals surface area contributed by atoms with Gasteiger partial charge in [0.2, 0.25) is 0 Å². The molecule has 1 heterocycles. The molecule has 2 aliphatic rings. The van der Waals surface area contributed by atoms with Crippen molar-refractivity contribution in [1.29, 1.82) is 0 Å². The molecule has 1 aromatic rings. The van der Waals surface area contributed by atoms with E-state index < -0.39 is 5.60 Å². The van der Waals surface area contributed by atoms with E-state index in [1.54, 1.807) is 0 Å². The monoisotopic (exact) mass is 362 g/mol. The number of amides is 1. The van der Waals surface area contributed by atoms with Gasteiger partial charge in [-0.25, -0.2) is 4.79 Å². The third kappa shape index (κ3) is 5.14. The summed E-state index contributed by atoms with van der Waals surface area (Å²) in [6.45, 7) is 6.42. The largest absolute Gasteiger partial charge is 0.444 e. The minimum Gasteiger partial charge on any atom is -0.444 e. The Morgan fingerprint density at radius 2 is 1.96 bits per heavy atom. The lowest BCUT2D eigenvalue weighted by Gasteiger charge is -2.31. The third-order valence-corrected chi connectivity index (χ3v) is 6.03. The van der Waals surface area contributed by atoms with Gasteiger partial charge in [0.05, 0.1) is 12.1 Å². The van der Waals surface area contributed by atoms with Crippen molar-refractivity contribution in [3.63, 3.8) is 0 Å². The highest BCUT2D eigenvalue weighted by Crippen LogP contribution is 2.35. The zero-order valence-electron chi connectivity index (χ0n) is 15.5. The van der Waals surface area contributed by atoms with Crippen molar-refractivity contribution in [3.05, 3.63) is 29.8 Å². The number of nitrogens with zero attached hydrogens (tertiary/aromatic N) is 1. The average Bonchev–Trinajstić information content (AvgIpc) is 3.25. The molecule has 0 spiro atoms. The summed E-state index contributed by atoms with van der Waals surface area (Å²) in [5.74, 6) is 2.15. The van der Waals surface area contributed by atoms with Gasteiger partial charge < -0.3 is 15.4 Å². The van der Waals surface area contributed by atoms with Crippen molar-refractivity contribution < 1.29 is 9.53 Å². The van der Waals surface area contributed by atoms with E-state index in [0.717, 1.165) is 30.9 Å². The second kappa shape index (κ2) is 7.58. The van der Waals surface area contributed by atoms with Gasteiger partial charge in [0.25, 0.3) is 0 Å². The highest BCUT2D eigenvalue weighted by molar-refractivity contribution is 7.99. The molecule has 3 rings (SSSR count). The molecule has 1 unspecified atom stereocenters. The Balaban J connectivity index is 1.62. The molecule has 1 aromatic carbocycles. The fourth-order valence-electron chi connectivity index (χ4n) is 3.22. The number of rotatable bonds is 5. The van der Waals surface area contributed by atoms with E-state index in [1.807, 2.05) is 37.4 Å². The van der Waals surface area contributed by atoms with E-state index in [9.17, 15) is 4.79 Å². The molecule has 25 heavy (non-hydrogen) atoms. The Morgan fingerprint density at radius 1 is 1.28 bits per heavy atom. The summed E-state index contributed by atoms with van der Waals surface area (Å²) >= 11 is 1.93. The smallest absolute Gasteiger partial charge is 0.410 e. The summed E-state index contributed by atoms with van der Waals surface area (Å²) in [4.78, 5) is 15.6. The Labute approximate surface area is 155 Å². The van der Waals surface area contributed by atoms with Crippen molar-refractivity contribution >= 4 is 17.9 Å². The highest BCUT2D eigenvalue weighted by Gasteiger charge is 2.36. The molecule has 2 N–H and O–H groups in total. The van der Waals surface area contributed by atoms with Crippen LogP contribution in [-0.4, -0.2) is 34.9 Å². The maximum atomic E-state index is 12.5. The van der Waals surface area contributed by atoms with Gasteiger partial charge in [0.1, 0.15) is 5.60 Å². The topological polar surface area (TPSA) is 55.6 Å². The molecular weight excluding hydrogens is 332 g/mol. The van der Waals surface area contributed by atoms with Crippen molar-refractivity contribution in [3.8, 4) is 0 Å². The van der Waals surface area contributed by atoms with Crippen LogP contribution in [0.4, 0.5) is 4.79 Å². The quantitative estimate of drug-likeness (QED) is 0.779. The van der Waals surface area contributed by atoms with Crippen molar-refractivity contribution in [2.45, 2.75) is 69.0 Å². The Morgan fingerprint density at radius 3 is 2.56 bits per heavy atom. The number of ether oxygens (including phenoxy) is 1. The predicted octanol–water partition coefficient (Wildman–Crippen LogP) is 4.59. The maximum Gasteiger partial charge on any atom is 0.410 e. The van der Waals surface area contributed by atoms with Crippen molar-refractivity contribution in [1.82, 2.24) is 4.90 Å².